The Kier molecular flexibility index (Phi) is 5.29. The monoisotopic (exact) mass is 294 g/mol. The first-order chi connectivity index (χ1) is 10.2. The standard InChI is InChI=1S/C13H22N6O2/c1-3-4-15-12(20)10-8-21-6-5-19(10)11-7-9(2)16-13(17-11)18-14/h7,10H,3-6,8,14H2,1-2H3,(H,15,20)(H,16,17,18). The number of carbonyl (C=O) groups is 1. The lowest BCUT2D eigenvalue weighted by molar-refractivity contribution is -0.124. The summed E-state index contributed by atoms with van der Waals surface area (Å²) in [4.78, 5) is 22.7. The average Bonchev–Trinajstić information content (AvgIpc) is 2.51. The Balaban J connectivity index is 2.21. The third-order valence-electron chi connectivity index (χ3n) is 3.24. The Bertz CT molecular complexity index is 496. The van der Waals surface area contributed by atoms with Crippen LogP contribution in [0.4, 0.5) is 11.8 Å². The molecule has 8 heteroatoms. The Morgan fingerprint density at radius 2 is 2.38 bits per heavy atom. The van der Waals surface area contributed by atoms with Gasteiger partial charge in [0.05, 0.1) is 13.2 Å². The first kappa shape index (κ1) is 15.5. The molecule has 1 fully saturated rings. The van der Waals surface area contributed by atoms with Gasteiger partial charge in [-0.15, -0.1) is 0 Å². The molecule has 116 valence electrons. The highest BCUT2D eigenvalue weighted by Crippen LogP contribution is 2.19. The molecular formula is C13H22N6O2. The van der Waals surface area contributed by atoms with Crippen molar-refractivity contribution < 1.29 is 9.53 Å². The molecule has 0 radical (unpaired) electrons. The van der Waals surface area contributed by atoms with Gasteiger partial charge in [0.1, 0.15) is 11.9 Å². The van der Waals surface area contributed by atoms with Gasteiger partial charge >= 0.3 is 0 Å². The average molecular weight is 294 g/mol. The summed E-state index contributed by atoms with van der Waals surface area (Å²) in [6.45, 7) is 6.04. The van der Waals surface area contributed by atoms with Crippen molar-refractivity contribution in [2.24, 2.45) is 5.84 Å². The Labute approximate surface area is 124 Å². The number of hydrogen-bond acceptors (Lipinski definition) is 7. The minimum atomic E-state index is -0.384. The number of ether oxygens (including phenoxy) is 1. The number of anilines is 2. The van der Waals surface area contributed by atoms with Crippen LogP contribution in [0.15, 0.2) is 6.07 Å². The van der Waals surface area contributed by atoms with Crippen molar-refractivity contribution in [3.05, 3.63) is 11.8 Å². The van der Waals surface area contributed by atoms with Gasteiger partial charge in [-0.1, -0.05) is 6.92 Å². The van der Waals surface area contributed by atoms with Crippen LogP contribution in [0.5, 0.6) is 0 Å². The quantitative estimate of drug-likeness (QED) is 0.510. The SMILES string of the molecule is CCCNC(=O)C1COCCN1c1cc(C)nc(NN)n1. The molecule has 21 heavy (non-hydrogen) atoms. The van der Waals surface area contributed by atoms with Gasteiger partial charge in [-0.05, 0) is 13.3 Å². The summed E-state index contributed by atoms with van der Waals surface area (Å²) in [6.07, 6.45) is 0.896. The molecule has 2 rings (SSSR count). The summed E-state index contributed by atoms with van der Waals surface area (Å²) in [7, 11) is 0. The van der Waals surface area contributed by atoms with Gasteiger partial charge in [-0.2, -0.15) is 4.98 Å². The predicted molar refractivity (Wildman–Crippen MR) is 79.8 cm³/mol. The largest absolute Gasteiger partial charge is 0.377 e. The van der Waals surface area contributed by atoms with Crippen LogP contribution >= 0.6 is 0 Å². The Morgan fingerprint density at radius 3 is 3.10 bits per heavy atom. The molecule has 4 N–H and O–H groups in total. The maximum absolute atomic E-state index is 12.3. The van der Waals surface area contributed by atoms with Crippen LogP contribution < -0.4 is 21.5 Å². The van der Waals surface area contributed by atoms with Crippen LogP contribution in [-0.4, -0.2) is 48.2 Å². The highest BCUT2D eigenvalue weighted by atomic mass is 16.5. The summed E-state index contributed by atoms with van der Waals surface area (Å²) < 4.78 is 5.44. The van der Waals surface area contributed by atoms with Crippen LogP contribution in [0, 0.1) is 6.92 Å². The van der Waals surface area contributed by atoms with Crippen LogP contribution in [0.1, 0.15) is 19.0 Å². The van der Waals surface area contributed by atoms with E-state index in [0.717, 1.165) is 12.1 Å². The van der Waals surface area contributed by atoms with Crippen LogP contribution in [0.2, 0.25) is 0 Å². The number of aryl methyl sites for hydroxylation is 1. The zero-order valence-corrected chi connectivity index (χ0v) is 12.4. The number of nitrogens with two attached hydrogens (primary N) is 1. The number of amides is 1. The zero-order valence-electron chi connectivity index (χ0n) is 12.4. The lowest BCUT2D eigenvalue weighted by atomic mass is 10.2. The van der Waals surface area contributed by atoms with Gasteiger partial charge in [0, 0.05) is 24.8 Å². The van der Waals surface area contributed by atoms with Crippen LogP contribution in [-0.2, 0) is 9.53 Å². The molecule has 1 saturated heterocycles. The van der Waals surface area contributed by atoms with Crippen molar-refractivity contribution in [3.63, 3.8) is 0 Å². The normalized spacial score (nSPS) is 18.4. The van der Waals surface area contributed by atoms with E-state index in [2.05, 4.69) is 20.7 Å². The van der Waals surface area contributed by atoms with Gasteiger partial charge in [0.2, 0.25) is 11.9 Å². The highest BCUT2D eigenvalue weighted by Gasteiger charge is 2.30. The molecule has 0 aliphatic carbocycles. The second-order valence-electron chi connectivity index (χ2n) is 4.91. The molecule has 0 spiro atoms. The number of rotatable bonds is 5. The topological polar surface area (TPSA) is 105 Å². The number of carbonyl (C=O) groups excluding carboxylic acids is 1. The number of hydrogen-bond donors (Lipinski definition) is 3. The molecule has 1 unspecified atom stereocenters. The third-order valence-corrected chi connectivity index (χ3v) is 3.24. The van der Waals surface area contributed by atoms with Crippen LogP contribution in [0.25, 0.3) is 0 Å². The second kappa shape index (κ2) is 7.19. The van der Waals surface area contributed by atoms with Gasteiger partial charge in [0.25, 0.3) is 0 Å². The van der Waals surface area contributed by atoms with E-state index >= 15 is 0 Å². The van der Waals surface area contributed by atoms with E-state index < -0.39 is 0 Å². The molecule has 0 saturated carbocycles. The maximum atomic E-state index is 12.3. The molecule has 1 aliphatic rings. The van der Waals surface area contributed by atoms with Gasteiger partial charge in [0.15, 0.2) is 0 Å². The van der Waals surface area contributed by atoms with Gasteiger partial charge < -0.3 is 15.0 Å². The van der Waals surface area contributed by atoms with E-state index in [1.807, 2.05) is 24.8 Å². The molecule has 1 aromatic rings. The summed E-state index contributed by atoms with van der Waals surface area (Å²) in [5, 5.41) is 2.90. The van der Waals surface area contributed by atoms with Crippen molar-refractivity contribution in [1.82, 2.24) is 15.3 Å². The third kappa shape index (κ3) is 3.79. The second-order valence-corrected chi connectivity index (χ2v) is 4.91. The Morgan fingerprint density at radius 1 is 1.57 bits per heavy atom. The fourth-order valence-electron chi connectivity index (χ4n) is 2.22. The zero-order chi connectivity index (χ0) is 15.2. The van der Waals surface area contributed by atoms with E-state index in [1.54, 1.807) is 0 Å². The van der Waals surface area contributed by atoms with Crippen molar-refractivity contribution >= 4 is 17.7 Å². The molecule has 1 amide bonds. The van der Waals surface area contributed by atoms with E-state index in [4.69, 9.17) is 10.6 Å². The van der Waals surface area contributed by atoms with Crippen molar-refractivity contribution in [2.45, 2.75) is 26.3 Å². The molecule has 8 nitrogen and oxygen atoms in total. The van der Waals surface area contributed by atoms with E-state index in [-0.39, 0.29) is 11.9 Å². The van der Waals surface area contributed by atoms with Crippen molar-refractivity contribution in [2.75, 3.05) is 36.6 Å². The van der Waals surface area contributed by atoms with Gasteiger partial charge in [-0.3, -0.25) is 10.2 Å². The number of morpholine rings is 1. The number of nitrogens with one attached hydrogen (secondary N) is 2. The summed E-state index contributed by atoms with van der Waals surface area (Å²) in [5.74, 6) is 6.35. The molecule has 1 aliphatic heterocycles. The molecule has 1 aromatic heterocycles. The van der Waals surface area contributed by atoms with Gasteiger partial charge in [-0.25, -0.2) is 10.8 Å². The molecule has 0 bridgehead atoms. The minimum absolute atomic E-state index is 0.0462. The summed E-state index contributed by atoms with van der Waals surface area (Å²) in [5.41, 5.74) is 3.23. The first-order valence-corrected chi connectivity index (χ1v) is 7.10. The predicted octanol–water partition coefficient (Wildman–Crippen LogP) is -0.198. The van der Waals surface area contributed by atoms with E-state index in [9.17, 15) is 4.79 Å². The first-order valence-electron chi connectivity index (χ1n) is 7.10. The minimum Gasteiger partial charge on any atom is -0.377 e. The molecule has 2 heterocycles. The number of aromatic nitrogens is 2. The molecule has 1 atom stereocenters. The molecule has 0 aromatic carbocycles. The lowest BCUT2D eigenvalue weighted by Crippen LogP contribution is -2.54. The van der Waals surface area contributed by atoms with Crippen molar-refractivity contribution in [3.8, 4) is 0 Å². The Hall–Kier alpha value is -1.93. The molecular weight excluding hydrogens is 272 g/mol. The number of nitrogen functional groups attached to an aromatic ring is 1. The fourth-order valence-corrected chi connectivity index (χ4v) is 2.22. The fraction of sp³-hybridized carbons (Fsp3) is 0.615. The maximum Gasteiger partial charge on any atom is 0.245 e. The van der Waals surface area contributed by atoms with E-state index in [1.165, 1.54) is 0 Å². The lowest BCUT2D eigenvalue weighted by Gasteiger charge is -2.35. The highest BCUT2D eigenvalue weighted by molar-refractivity contribution is 5.85. The number of hydrazine groups is 1. The van der Waals surface area contributed by atoms with E-state index in [0.29, 0.717) is 38.1 Å². The van der Waals surface area contributed by atoms with Crippen LogP contribution in [0.3, 0.4) is 0 Å². The van der Waals surface area contributed by atoms with Crippen molar-refractivity contribution in [1.29, 1.82) is 0 Å². The summed E-state index contributed by atoms with van der Waals surface area (Å²) in [6, 6.07) is 1.46. The number of nitrogens with zero attached hydrogens (tertiary/aromatic N) is 3. The smallest absolute Gasteiger partial charge is 0.245 e. The summed E-state index contributed by atoms with van der Waals surface area (Å²) >= 11 is 0.